The van der Waals surface area contributed by atoms with E-state index in [0.29, 0.717) is 0 Å². The second kappa shape index (κ2) is 4.12. The van der Waals surface area contributed by atoms with Crippen molar-refractivity contribution >= 4 is 5.97 Å². The largest absolute Gasteiger partial charge is 1.00 e. The zero-order valence-corrected chi connectivity index (χ0v) is 8.38. The first kappa shape index (κ1) is 12.5. The van der Waals surface area contributed by atoms with Crippen LogP contribution in [0.4, 0.5) is 13.2 Å². The summed E-state index contributed by atoms with van der Waals surface area (Å²) in [5, 5.41) is 9.91. The Bertz CT molecular complexity index is 308. The number of carboxylic acid groups (broad SMARTS) is 1. The standard InChI is InChI=1S/C5H2F3NO3.Na/c6-5(7,8)2-1-12-3(9-2)4(10)11;/h1H,(H,10,11);/q;+1/p-1. The molecule has 13 heavy (non-hydrogen) atoms. The Hall–Kier alpha value is -0.530. The molecule has 0 aliphatic heterocycles. The van der Waals surface area contributed by atoms with Gasteiger partial charge in [-0.3, -0.25) is 0 Å². The maximum absolute atomic E-state index is 11.7. The number of nitrogens with zero attached hydrogens (tertiary/aromatic N) is 1. The number of carbonyl (C=O) groups excluding carboxylic acids is 1. The number of halogens is 3. The summed E-state index contributed by atoms with van der Waals surface area (Å²) < 4.78 is 39.1. The molecule has 1 rings (SSSR count). The molecule has 0 radical (unpaired) electrons. The van der Waals surface area contributed by atoms with Crippen molar-refractivity contribution in [3.8, 4) is 0 Å². The van der Waals surface area contributed by atoms with Gasteiger partial charge in [-0.1, -0.05) is 0 Å². The average molecular weight is 203 g/mol. The molecule has 1 heterocycles. The van der Waals surface area contributed by atoms with Crippen LogP contribution in [0.3, 0.4) is 0 Å². The first-order valence-electron chi connectivity index (χ1n) is 2.65. The van der Waals surface area contributed by atoms with Gasteiger partial charge in [-0.15, -0.1) is 0 Å². The van der Waals surface area contributed by atoms with Gasteiger partial charge in [0.05, 0.1) is 0 Å². The molecule has 66 valence electrons. The molecule has 0 spiro atoms. The first-order valence-corrected chi connectivity index (χ1v) is 2.65. The quantitative estimate of drug-likeness (QED) is 0.458. The molecular weight excluding hydrogens is 202 g/mol. The molecule has 1 aromatic heterocycles. The van der Waals surface area contributed by atoms with Crippen LogP contribution in [0.25, 0.3) is 0 Å². The summed E-state index contributed by atoms with van der Waals surface area (Å²) >= 11 is 0. The van der Waals surface area contributed by atoms with Crippen LogP contribution in [0.5, 0.6) is 0 Å². The number of carboxylic acids is 1. The van der Waals surface area contributed by atoms with Crippen molar-refractivity contribution in [3.05, 3.63) is 17.8 Å². The number of alkyl halides is 3. The number of carbonyl (C=O) groups is 1. The molecule has 1 aromatic rings. The SMILES string of the molecule is O=C([O-])c1nc(C(F)(F)F)co1.[Na+]. The molecule has 0 bridgehead atoms. The second-order valence-electron chi connectivity index (χ2n) is 1.82. The molecule has 0 N–H and O–H groups in total. The van der Waals surface area contributed by atoms with Crippen molar-refractivity contribution in [2.24, 2.45) is 0 Å². The van der Waals surface area contributed by atoms with E-state index in [1.54, 1.807) is 0 Å². The van der Waals surface area contributed by atoms with E-state index in [2.05, 4.69) is 9.40 Å². The Morgan fingerprint density at radius 1 is 1.54 bits per heavy atom. The predicted molar refractivity (Wildman–Crippen MR) is 25.8 cm³/mol. The predicted octanol–water partition coefficient (Wildman–Crippen LogP) is -2.94. The van der Waals surface area contributed by atoms with Crippen molar-refractivity contribution in [3.63, 3.8) is 0 Å². The van der Waals surface area contributed by atoms with Crippen LogP contribution in [0, 0.1) is 0 Å². The van der Waals surface area contributed by atoms with Gasteiger partial charge in [0.15, 0.2) is 5.69 Å². The molecule has 0 aliphatic carbocycles. The molecule has 8 heteroatoms. The molecule has 0 amide bonds. The Morgan fingerprint density at radius 3 is 2.31 bits per heavy atom. The van der Waals surface area contributed by atoms with Gasteiger partial charge in [-0.05, 0) is 0 Å². The van der Waals surface area contributed by atoms with E-state index in [1.807, 2.05) is 0 Å². The minimum atomic E-state index is -4.70. The van der Waals surface area contributed by atoms with E-state index in [0.717, 1.165) is 0 Å². The van der Waals surface area contributed by atoms with E-state index in [1.165, 1.54) is 0 Å². The minimum Gasteiger partial charge on any atom is -0.540 e. The molecule has 0 saturated carbocycles. The Labute approximate surface area is 92.0 Å². The summed E-state index contributed by atoms with van der Waals surface area (Å²) in [5.74, 6) is -2.96. The summed E-state index contributed by atoms with van der Waals surface area (Å²) in [6, 6.07) is 0. The van der Waals surface area contributed by atoms with Gasteiger partial charge in [-0.2, -0.15) is 13.2 Å². The number of aromatic carboxylic acids is 1. The third kappa shape index (κ3) is 3.02. The Kier molecular flexibility index (Phi) is 3.95. The van der Waals surface area contributed by atoms with Crippen molar-refractivity contribution < 1.29 is 57.0 Å². The van der Waals surface area contributed by atoms with Gasteiger partial charge in [0.2, 0.25) is 5.89 Å². The van der Waals surface area contributed by atoms with Crippen molar-refractivity contribution in [2.45, 2.75) is 6.18 Å². The second-order valence-corrected chi connectivity index (χ2v) is 1.82. The van der Waals surface area contributed by atoms with E-state index in [9.17, 15) is 23.1 Å². The van der Waals surface area contributed by atoms with Crippen molar-refractivity contribution in [1.29, 1.82) is 0 Å². The van der Waals surface area contributed by atoms with Crippen LogP contribution in [-0.4, -0.2) is 11.0 Å². The summed E-state index contributed by atoms with van der Waals surface area (Å²) in [5.41, 5.74) is -1.39. The van der Waals surface area contributed by atoms with Gasteiger partial charge in [0.1, 0.15) is 12.2 Å². The summed E-state index contributed by atoms with van der Waals surface area (Å²) in [4.78, 5) is 12.5. The fraction of sp³-hybridized carbons (Fsp3) is 0.200. The van der Waals surface area contributed by atoms with E-state index in [-0.39, 0.29) is 35.8 Å². The van der Waals surface area contributed by atoms with E-state index < -0.39 is 23.7 Å². The van der Waals surface area contributed by atoms with Crippen molar-refractivity contribution in [2.75, 3.05) is 0 Å². The fourth-order valence-electron chi connectivity index (χ4n) is 0.498. The molecular formula is C5HF3NNaO3. The number of hydrogen-bond donors (Lipinski definition) is 0. The summed E-state index contributed by atoms with van der Waals surface area (Å²) in [7, 11) is 0. The normalized spacial score (nSPS) is 10.7. The number of aromatic nitrogens is 1. The number of hydrogen-bond acceptors (Lipinski definition) is 4. The number of rotatable bonds is 1. The molecule has 0 atom stereocenters. The zero-order chi connectivity index (χ0) is 9.35. The van der Waals surface area contributed by atoms with Crippen LogP contribution in [0.1, 0.15) is 16.4 Å². The van der Waals surface area contributed by atoms with Crippen LogP contribution in [-0.2, 0) is 6.18 Å². The molecule has 0 saturated heterocycles. The molecule has 0 unspecified atom stereocenters. The zero-order valence-electron chi connectivity index (χ0n) is 6.38. The van der Waals surface area contributed by atoms with Crippen LogP contribution in [0.15, 0.2) is 10.7 Å². The first-order chi connectivity index (χ1) is 5.41. The summed E-state index contributed by atoms with van der Waals surface area (Å²) in [6.45, 7) is 0. The fourth-order valence-corrected chi connectivity index (χ4v) is 0.498. The average Bonchev–Trinajstić information content (AvgIpc) is 2.30. The maximum atomic E-state index is 11.7. The van der Waals surface area contributed by atoms with Crippen molar-refractivity contribution in [1.82, 2.24) is 4.98 Å². The topological polar surface area (TPSA) is 66.2 Å². The number of oxazole rings is 1. The van der Waals surface area contributed by atoms with E-state index in [4.69, 9.17) is 0 Å². The van der Waals surface area contributed by atoms with Gasteiger partial charge in [0.25, 0.3) is 0 Å². The molecule has 0 fully saturated rings. The Morgan fingerprint density at radius 2 is 2.08 bits per heavy atom. The molecule has 0 aliphatic rings. The minimum absolute atomic E-state index is 0. The van der Waals surface area contributed by atoms with Gasteiger partial charge < -0.3 is 14.3 Å². The monoisotopic (exact) mass is 203 g/mol. The molecule has 0 aromatic carbocycles. The van der Waals surface area contributed by atoms with Gasteiger partial charge >= 0.3 is 35.7 Å². The van der Waals surface area contributed by atoms with Crippen LogP contribution >= 0.6 is 0 Å². The maximum Gasteiger partial charge on any atom is 1.00 e. The Balaban J connectivity index is 0.00000144. The van der Waals surface area contributed by atoms with Crippen LogP contribution in [0.2, 0.25) is 0 Å². The van der Waals surface area contributed by atoms with E-state index >= 15 is 0 Å². The van der Waals surface area contributed by atoms with Gasteiger partial charge in [0, 0.05) is 0 Å². The van der Waals surface area contributed by atoms with Gasteiger partial charge in [-0.25, -0.2) is 4.98 Å². The molecule has 4 nitrogen and oxygen atoms in total. The van der Waals surface area contributed by atoms with Crippen LogP contribution < -0.4 is 34.7 Å². The third-order valence-electron chi connectivity index (χ3n) is 0.969. The third-order valence-corrected chi connectivity index (χ3v) is 0.969. The summed E-state index contributed by atoms with van der Waals surface area (Å²) in [6.07, 6.45) is -4.48. The smallest absolute Gasteiger partial charge is 0.540 e.